The van der Waals surface area contributed by atoms with Crippen molar-refractivity contribution in [1.82, 2.24) is 5.32 Å². The van der Waals surface area contributed by atoms with E-state index in [0.29, 0.717) is 6.07 Å². The molecule has 1 atom stereocenters. The molecule has 0 spiro atoms. The molecule has 0 bridgehead atoms. The van der Waals surface area contributed by atoms with Crippen molar-refractivity contribution in [3.63, 3.8) is 0 Å². The average Bonchev–Trinajstić information content (AvgIpc) is 2.62. The monoisotopic (exact) mass is 379 g/mol. The summed E-state index contributed by atoms with van der Waals surface area (Å²) in [6.45, 7) is 0. The lowest BCUT2D eigenvalue weighted by Gasteiger charge is -2.17. The Bertz CT molecular complexity index is 904. The van der Waals surface area contributed by atoms with Crippen molar-refractivity contribution >= 4 is 17.5 Å². The molecule has 0 unspecified atom stereocenters. The van der Waals surface area contributed by atoms with Crippen molar-refractivity contribution in [1.29, 1.82) is 0 Å². The van der Waals surface area contributed by atoms with Crippen molar-refractivity contribution in [3.8, 4) is 5.75 Å². The van der Waals surface area contributed by atoms with E-state index in [2.05, 4.69) is 5.32 Å². The van der Waals surface area contributed by atoms with Crippen LogP contribution in [0.15, 0.2) is 36.4 Å². The summed E-state index contributed by atoms with van der Waals surface area (Å²) in [5, 5.41) is 13.2. The maximum Gasteiger partial charge on any atom is 0.269 e. The minimum atomic E-state index is -1.26. The minimum Gasteiger partial charge on any atom is -0.496 e. The Morgan fingerprint density at radius 2 is 1.93 bits per heavy atom. The molecule has 27 heavy (non-hydrogen) atoms. The van der Waals surface area contributed by atoms with Crippen LogP contribution in [0, 0.1) is 21.7 Å². The van der Waals surface area contributed by atoms with E-state index in [1.807, 2.05) is 0 Å². The fraction of sp³-hybridized carbons (Fsp3) is 0.176. The van der Waals surface area contributed by atoms with Gasteiger partial charge in [-0.25, -0.2) is 8.78 Å². The summed E-state index contributed by atoms with van der Waals surface area (Å²) in [6, 6.07) is 4.99. The minimum absolute atomic E-state index is 0.199. The number of nitro groups is 1. The Hall–Kier alpha value is -3.56. The van der Waals surface area contributed by atoms with Gasteiger partial charge in [0.05, 0.1) is 12.0 Å². The molecule has 2 rings (SSSR count). The molecule has 0 radical (unpaired) electrons. The third kappa shape index (κ3) is 4.75. The zero-order valence-electron chi connectivity index (χ0n) is 14.1. The third-order valence-corrected chi connectivity index (χ3v) is 3.73. The number of non-ortho nitro benzene ring substituents is 1. The Morgan fingerprint density at radius 3 is 2.48 bits per heavy atom. The lowest BCUT2D eigenvalue weighted by Crippen LogP contribution is -2.46. The van der Waals surface area contributed by atoms with E-state index in [4.69, 9.17) is 10.5 Å². The molecule has 8 nitrogen and oxygen atoms in total. The highest BCUT2D eigenvalue weighted by molar-refractivity contribution is 5.97. The predicted octanol–water partition coefficient (Wildman–Crippen LogP) is 1.71. The van der Waals surface area contributed by atoms with Gasteiger partial charge in [0.2, 0.25) is 5.91 Å². The van der Waals surface area contributed by atoms with E-state index in [-0.39, 0.29) is 29.0 Å². The second-order valence-corrected chi connectivity index (χ2v) is 5.51. The van der Waals surface area contributed by atoms with E-state index in [9.17, 15) is 28.5 Å². The molecule has 2 amide bonds. The van der Waals surface area contributed by atoms with Crippen LogP contribution in [-0.2, 0) is 11.2 Å². The molecule has 0 aliphatic rings. The number of benzene rings is 2. The molecule has 2 aromatic carbocycles. The number of nitrogens with one attached hydrogen (secondary N) is 1. The number of nitrogens with two attached hydrogens (primary N) is 1. The quantitative estimate of drug-likeness (QED) is 0.560. The Labute approximate surface area is 152 Å². The number of rotatable bonds is 7. The van der Waals surface area contributed by atoms with Gasteiger partial charge in [-0.05, 0) is 24.3 Å². The number of hydrogen-bond donors (Lipinski definition) is 2. The zero-order chi connectivity index (χ0) is 20.1. The Balaban J connectivity index is 2.26. The average molecular weight is 379 g/mol. The maximum absolute atomic E-state index is 13.3. The van der Waals surface area contributed by atoms with Crippen molar-refractivity contribution in [3.05, 3.63) is 69.3 Å². The number of carbonyl (C=O) groups excluding carboxylic acids is 2. The van der Waals surface area contributed by atoms with Crippen LogP contribution < -0.4 is 15.8 Å². The number of ether oxygens (including phenoxy) is 1. The van der Waals surface area contributed by atoms with E-state index < -0.39 is 34.4 Å². The molecule has 2 aromatic rings. The fourth-order valence-electron chi connectivity index (χ4n) is 2.36. The molecule has 0 aliphatic carbocycles. The van der Waals surface area contributed by atoms with Crippen LogP contribution in [0.2, 0.25) is 0 Å². The summed E-state index contributed by atoms with van der Waals surface area (Å²) >= 11 is 0. The largest absolute Gasteiger partial charge is 0.496 e. The van der Waals surface area contributed by atoms with E-state index in [1.54, 1.807) is 0 Å². The summed E-state index contributed by atoms with van der Waals surface area (Å²) in [4.78, 5) is 34.2. The normalized spacial score (nSPS) is 11.5. The van der Waals surface area contributed by atoms with E-state index >= 15 is 0 Å². The van der Waals surface area contributed by atoms with Gasteiger partial charge in [-0.2, -0.15) is 0 Å². The zero-order valence-corrected chi connectivity index (χ0v) is 14.1. The number of carbonyl (C=O) groups is 2. The molecule has 0 saturated carbocycles. The Morgan fingerprint density at radius 1 is 1.22 bits per heavy atom. The molecular formula is C17H15F2N3O5. The molecule has 0 heterocycles. The molecule has 0 aromatic heterocycles. The highest BCUT2D eigenvalue weighted by Gasteiger charge is 2.23. The fourth-order valence-corrected chi connectivity index (χ4v) is 2.36. The summed E-state index contributed by atoms with van der Waals surface area (Å²) in [6.07, 6.45) is -0.199. The van der Waals surface area contributed by atoms with Gasteiger partial charge < -0.3 is 15.8 Å². The van der Waals surface area contributed by atoms with Crippen LogP contribution in [-0.4, -0.2) is 29.9 Å². The number of nitro benzene ring substituents is 1. The predicted molar refractivity (Wildman–Crippen MR) is 90.2 cm³/mol. The SMILES string of the molecule is COc1ccc([N+](=O)[O-])cc1C[C@H](NC(=O)c1ccc(F)c(F)c1)C(N)=O. The standard InChI is InChI=1S/C17H15F2N3O5/c1-27-15-5-3-11(22(25)26)6-10(15)8-14(16(20)23)21-17(24)9-2-4-12(18)13(19)7-9/h2-7,14H,8H2,1H3,(H2,20,23)(H,21,24)/t14-/m0/s1. The van der Waals surface area contributed by atoms with E-state index in [1.165, 1.54) is 25.3 Å². The number of halogens is 2. The summed E-state index contributed by atoms with van der Waals surface area (Å²) in [5.41, 5.74) is 5.11. The van der Waals surface area contributed by atoms with E-state index in [0.717, 1.165) is 12.1 Å². The van der Waals surface area contributed by atoms with Crippen molar-refractivity contribution in [2.75, 3.05) is 7.11 Å². The first-order valence-electron chi connectivity index (χ1n) is 7.59. The smallest absolute Gasteiger partial charge is 0.269 e. The second kappa shape index (κ2) is 8.21. The lowest BCUT2D eigenvalue weighted by atomic mass is 10.0. The van der Waals surface area contributed by atoms with Crippen LogP contribution >= 0.6 is 0 Å². The van der Waals surface area contributed by atoms with Gasteiger partial charge in [-0.3, -0.25) is 19.7 Å². The molecule has 0 aliphatic heterocycles. The van der Waals surface area contributed by atoms with Gasteiger partial charge in [-0.1, -0.05) is 0 Å². The molecular weight excluding hydrogens is 364 g/mol. The molecule has 0 saturated heterocycles. The number of hydrogen-bond acceptors (Lipinski definition) is 5. The first kappa shape index (κ1) is 19.8. The van der Waals surface area contributed by atoms with Crippen molar-refractivity contribution < 1.29 is 28.0 Å². The van der Waals surface area contributed by atoms with Crippen LogP contribution in [0.1, 0.15) is 15.9 Å². The van der Waals surface area contributed by atoms with Crippen molar-refractivity contribution in [2.24, 2.45) is 5.73 Å². The first-order chi connectivity index (χ1) is 12.7. The molecule has 0 fully saturated rings. The molecule has 3 N–H and O–H groups in total. The van der Waals surface area contributed by atoms with Crippen LogP contribution in [0.25, 0.3) is 0 Å². The van der Waals surface area contributed by atoms with Gasteiger partial charge in [-0.15, -0.1) is 0 Å². The number of primary amides is 1. The summed E-state index contributed by atoms with van der Waals surface area (Å²) in [5.74, 6) is -3.87. The van der Waals surface area contributed by atoms with Gasteiger partial charge in [0.15, 0.2) is 11.6 Å². The second-order valence-electron chi connectivity index (χ2n) is 5.51. The summed E-state index contributed by atoms with van der Waals surface area (Å²) < 4.78 is 31.4. The van der Waals surface area contributed by atoms with Crippen LogP contribution in [0.5, 0.6) is 5.75 Å². The molecule has 10 heteroatoms. The van der Waals surface area contributed by atoms with Crippen LogP contribution in [0.3, 0.4) is 0 Å². The topological polar surface area (TPSA) is 125 Å². The van der Waals surface area contributed by atoms with Crippen molar-refractivity contribution in [2.45, 2.75) is 12.5 Å². The highest BCUT2D eigenvalue weighted by atomic mass is 19.2. The van der Waals surface area contributed by atoms with Gasteiger partial charge in [0, 0.05) is 29.7 Å². The van der Waals surface area contributed by atoms with Gasteiger partial charge >= 0.3 is 0 Å². The third-order valence-electron chi connectivity index (χ3n) is 3.73. The molecule has 142 valence electrons. The maximum atomic E-state index is 13.3. The number of amides is 2. The highest BCUT2D eigenvalue weighted by Crippen LogP contribution is 2.25. The first-order valence-corrected chi connectivity index (χ1v) is 7.59. The number of methoxy groups -OCH3 is 1. The van der Waals surface area contributed by atoms with Gasteiger partial charge in [0.25, 0.3) is 11.6 Å². The summed E-state index contributed by atoms with van der Waals surface area (Å²) in [7, 11) is 1.34. The number of nitrogens with zero attached hydrogens (tertiary/aromatic N) is 1. The Kier molecular flexibility index (Phi) is 6.01. The van der Waals surface area contributed by atoms with Gasteiger partial charge in [0.1, 0.15) is 11.8 Å². The van der Waals surface area contributed by atoms with Crippen LogP contribution in [0.4, 0.5) is 14.5 Å². The lowest BCUT2D eigenvalue weighted by molar-refractivity contribution is -0.384.